The summed E-state index contributed by atoms with van der Waals surface area (Å²) < 4.78 is 18.6. The summed E-state index contributed by atoms with van der Waals surface area (Å²) in [6.07, 6.45) is 5.37. The number of hydrogen-bond acceptors (Lipinski definition) is 6. The summed E-state index contributed by atoms with van der Waals surface area (Å²) in [5, 5.41) is 9.04. The Hall–Kier alpha value is -3.13. The largest absolute Gasteiger partial charge is 0.496 e. The number of carbonyl (C=O) groups is 1. The third-order valence-corrected chi connectivity index (χ3v) is 5.60. The van der Waals surface area contributed by atoms with Gasteiger partial charge in [0.2, 0.25) is 0 Å². The van der Waals surface area contributed by atoms with Crippen LogP contribution in [0.5, 0.6) is 17.2 Å². The molecule has 2 aromatic carbocycles. The highest BCUT2D eigenvalue weighted by Gasteiger charge is 2.24. The van der Waals surface area contributed by atoms with Crippen LogP contribution in [0.4, 0.5) is 0 Å². The summed E-state index contributed by atoms with van der Waals surface area (Å²) in [4.78, 5) is 16.2. The molecular weight excluding hydrogens is 392 g/mol. The molecule has 0 aliphatic heterocycles. The van der Waals surface area contributed by atoms with Crippen LogP contribution >= 0.6 is 11.8 Å². The number of carboxylic acid groups (broad SMARTS) is 1. The fraction of sp³-hybridized carbons (Fsp3) is 0.238. The molecule has 8 heteroatoms. The normalized spacial score (nSPS) is 11.7. The van der Waals surface area contributed by atoms with E-state index >= 15 is 0 Å². The van der Waals surface area contributed by atoms with Crippen LogP contribution in [-0.2, 0) is 6.54 Å². The van der Waals surface area contributed by atoms with Gasteiger partial charge in [-0.3, -0.25) is 0 Å². The van der Waals surface area contributed by atoms with E-state index in [0.717, 1.165) is 10.5 Å². The van der Waals surface area contributed by atoms with Gasteiger partial charge in [-0.1, -0.05) is 0 Å². The van der Waals surface area contributed by atoms with Gasteiger partial charge in [0.15, 0.2) is 0 Å². The Kier molecular flexibility index (Phi) is 6.66. The molecule has 3 aromatic rings. The smallest absolute Gasteiger partial charge is 0.335 e. The predicted octanol–water partition coefficient (Wildman–Crippen LogP) is 4.14. The summed E-state index contributed by atoms with van der Waals surface area (Å²) in [6.45, 7) is 0.615. The molecule has 0 spiro atoms. The molecule has 1 heterocycles. The Morgan fingerprint density at radius 1 is 1.10 bits per heavy atom. The molecule has 0 saturated carbocycles. The van der Waals surface area contributed by atoms with Crippen LogP contribution in [0.3, 0.4) is 0 Å². The van der Waals surface area contributed by atoms with Crippen molar-refractivity contribution in [2.24, 2.45) is 0 Å². The van der Waals surface area contributed by atoms with Gasteiger partial charge in [-0.05, 0) is 24.3 Å². The van der Waals surface area contributed by atoms with E-state index < -0.39 is 5.97 Å². The van der Waals surface area contributed by atoms with Gasteiger partial charge in [0.25, 0.3) is 0 Å². The number of benzene rings is 2. The lowest BCUT2D eigenvalue weighted by molar-refractivity contribution is 0.0697. The van der Waals surface area contributed by atoms with Crippen LogP contribution in [-0.4, -0.2) is 42.0 Å². The van der Waals surface area contributed by atoms with E-state index in [9.17, 15) is 4.79 Å². The second-order valence-corrected chi connectivity index (χ2v) is 7.42. The number of nitrogens with zero attached hydrogens (tertiary/aromatic N) is 2. The zero-order chi connectivity index (χ0) is 20.8. The van der Waals surface area contributed by atoms with E-state index in [-0.39, 0.29) is 10.8 Å². The third kappa shape index (κ3) is 4.83. The van der Waals surface area contributed by atoms with Gasteiger partial charge in [0, 0.05) is 36.0 Å². The summed E-state index contributed by atoms with van der Waals surface area (Å²) in [5.41, 5.74) is 1.14. The SMILES string of the molecule is COc1cc(OC)c(C(Cn2ccnc2)Sc2ccc(C(=O)O)cc2)c(OC)c1. The maximum absolute atomic E-state index is 11.1. The van der Waals surface area contributed by atoms with Crippen molar-refractivity contribution in [1.82, 2.24) is 9.55 Å². The number of aromatic nitrogens is 2. The second kappa shape index (κ2) is 9.38. The van der Waals surface area contributed by atoms with Crippen molar-refractivity contribution < 1.29 is 24.1 Å². The maximum Gasteiger partial charge on any atom is 0.335 e. The van der Waals surface area contributed by atoms with Crippen molar-refractivity contribution in [3.63, 3.8) is 0 Å². The number of methoxy groups -OCH3 is 3. The van der Waals surface area contributed by atoms with Gasteiger partial charge < -0.3 is 23.9 Å². The number of hydrogen-bond donors (Lipinski definition) is 1. The molecular formula is C21H22N2O5S. The van der Waals surface area contributed by atoms with Crippen molar-refractivity contribution in [3.8, 4) is 17.2 Å². The Balaban J connectivity index is 2.02. The van der Waals surface area contributed by atoms with E-state index in [4.69, 9.17) is 19.3 Å². The highest BCUT2D eigenvalue weighted by molar-refractivity contribution is 7.99. The average molecular weight is 414 g/mol. The van der Waals surface area contributed by atoms with Crippen molar-refractivity contribution >= 4 is 17.7 Å². The van der Waals surface area contributed by atoms with Crippen LogP contribution in [0.15, 0.2) is 60.0 Å². The molecule has 29 heavy (non-hydrogen) atoms. The minimum atomic E-state index is -0.949. The average Bonchev–Trinajstić information content (AvgIpc) is 3.25. The Labute approximate surface area is 173 Å². The molecule has 0 bridgehead atoms. The Morgan fingerprint density at radius 3 is 2.24 bits per heavy atom. The molecule has 7 nitrogen and oxygen atoms in total. The molecule has 152 valence electrons. The van der Waals surface area contributed by atoms with Crippen LogP contribution in [0.2, 0.25) is 0 Å². The Morgan fingerprint density at radius 2 is 1.76 bits per heavy atom. The first-order chi connectivity index (χ1) is 14.0. The van der Waals surface area contributed by atoms with E-state index in [0.29, 0.717) is 23.8 Å². The van der Waals surface area contributed by atoms with E-state index in [1.807, 2.05) is 22.9 Å². The van der Waals surface area contributed by atoms with Gasteiger partial charge in [0.1, 0.15) is 17.2 Å². The van der Waals surface area contributed by atoms with Crippen LogP contribution in [0, 0.1) is 0 Å². The van der Waals surface area contributed by atoms with Gasteiger partial charge in [-0.25, -0.2) is 9.78 Å². The van der Waals surface area contributed by atoms with Gasteiger partial charge in [-0.2, -0.15) is 0 Å². The molecule has 0 amide bonds. The molecule has 1 aromatic heterocycles. The zero-order valence-corrected chi connectivity index (χ0v) is 17.2. The minimum Gasteiger partial charge on any atom is -0.496 e. The topological polar surface area (TPSA) is 82.8 Å². The van der Waals surface area contributed by atoms with Gasteiger partial charge >= 0.3 is 5.97 Å². The summed E-state index contributed by atoms with van der Waals surface area (Å²) in [5.74, 6) is 0.997. The fourth-order valence-corrected chi connectivity index (χ4v) is 4.18. The van der Waals surface area contributed by atoms with Crippen LogP contribution < -0.4 is 14.2 Å². The molecule has 1 unspecified atom stereocenters. The quantitative estimate of drug-likeness (QED) is 0.527. The van der Waals surface area contributed by atoms with Crippen molar-refractivity contribution in [3.05, 3.63) is 66.2 Å². The number of rotatable bonds is 9. The number of carboxylic acids is 1. The van der Waals surface area contributed by atoms with Crippen LogP contribution in [0.1, 0.15) is 21.2 Å². The predicted molar refractivity (Wildman–Crippen MR) is 110 cm³/mol. The first kappa shape index (κ1) is 20.6. The lowest BCUT2D eigenvalue weighted by Gasteiger charge is -2.23. The monoisotopic (exact) mass is 414 g/mol. The standard InChI is InChI=1S/C21H22N2O5S/c1-26-15-10-17(27-2)20(18(11-15)28-3)19(12-23-9-8-22-13-23)29-16-6-4-14(5-7-16)21(24)25/h4-11,13,19H,12H2,1-3H3,(H,24,25). The van der Waals surface area contributed by atoms with Crippen molar-refractivity contribution in [2.45, 2.75) is 16.7 Å². The second-order valence-electron chi connectivity index (χ2n) is 6.14. The number of imidazole rings is 1. The van der Waals surface area contributed by atoms with Crippen molar-refractivity contribution in [2.75, 3.05) is 21.3 Å². The number of thioether (sulfide) groups is 1. The molecule has 1 atom stereocenters. The molecule has 0 saturated heterocycles. The first-order valence-electron chi connectivity index (χ1n) is 8.81. The van der Waals surface area contributed by atoms with Crippen LogP contribution in [0.25, 0.3) is 0 Å². The minimum absolute atomic E-state index is 0.0873. The lowest BCUT2D eigenvalue weighted by atomic mass is 10.1. The molecule has 0 aliphatic carbocycles. The lowest BCUT2D eigenvalue weighted by Crippen LogP contribution is -2.09. The molecule has 0 aliphatic rings. The van der Waals surface area contributed by atoms with Crippen molar-refractivity contribution in [1.29, 1.82) is 0 Å². The third-order valence-electron chi connectivity index (χ3n) is 4.39. The zero-order valence-electron chi connectivity index (χ0n) is 16.4. The van der Waals surface area contributed by atoms with Gasteiger partial charge in [-0.15, -0.1) is 11.8 Å². The van der Waals surface area contributed by atoms with E-state index in [1.54, 1.807) is 69.9 Å². The Bertz CT molecular complexity index is 933. The van der Waals surface area contributed by atoms with Gasteiger partial charge in [0.05, 0.1) is 44.0 Å². The molecule has 0 fully saturated rings. The molecule has 3 rings (SSSR count). The molecule has 0 radical (unpaired) electrons. The fourth-order valence-electron chi connectivity index (χ4n) is 2.96. The number of ether oxygens (including phenoxy) is 3. The van der Waals surface area contributed by atoms with E-state index in [2.05, 4.69) is 4.98 Å². The van der Waals surface area contributed by atoms with E-state index in [1.165, 1.54) is 0 Å². The maximum atomic E-state index is 11.1. The molecule has 1 N–H and O–H groups in total. The summed E-state index contributed by atoms with van der Waals surface area (Å²) in [6, 6.07) is 10.5. The summed E-state index contributed by atoms with van der Waals surface area (Å²) in [7, 11) is 4.81. The first-order valence-corrected chi connectivity index (χ1v) is 9.69. The highest BCUT2D eigenvalue weighted by Crippen LogP contribution is 2.46. The highest BCUT2D eigenvalue weighted by atomic mass is 32.2. The summed E-state index contributed by atoms with van der Waals surface area (Å²) >= 11 is 1.59. The number of aromatic carboxylic acids is 1.